The number of fused-ring (bicyclic) bond motifs is 4. The van der Waals surface area contributed by atoms with Crippen molar-refractivity contribution in [1.82, 2.24) is 19.5 Å². The quantitative estimate of drug-likeness (QED) is 0.156. The van der Waals surface area contributed by atoms with Crippen LogP contribution in [0.1, 0.15) is 62.0 Å². The van der Waals surface area contributed by atoms with Crippen LogP contribution >= 0.6 is 0 Å². The summed E-state index contributed by atoms with van der Waals surface area (Å²) in [5.74, 6) is 1.52. The second-order valence-electron chi connectivity index (χ2n) is 14.3. The summed E-state index contributed by atoms with van der Waals surface area (Å²) in [5, 5.41) is 2.18. The van der Waals surface area contributed by atoms with Crippen molar-refractivity contribution >= 4 is 33.0 Å². The van der Waals surface area contributed by atoms with Crippen molar-refractivity contribution in [2.75, 3.05) is 0 Å². The number of pyridine rings is 2. The van der Waals surface area contributed by atoms with Crippen LogP contribution in [0.15, 0.2) is 138 Å². The van der Waals surface area contributed by atoms with Gasteiger partial charge in [0.2, 0.25) is 0 Å². The summed E-state index contributed by atoms with van der Waals surface area (Å²) in [4.78, 5) is 14.5. The minimum atomic E-state index is 0. The summed E-state index contributed by atoms with van der Waals surface area (Å²) in [5.41, 5.74) is 14.6. The molecule has 55 heavy (non-hydrogen) atoms. The van der Waals surface area contributed by atoms with Crippen LogP contribution in [0.2, 0.25) is 0 Å². The first-order valence-corrected chi connectivity index (χ1v) is 18.6. The molecule has 0 spiro atoms. The van der Waals surface area contributed by atoms with E-state index in [4.69, 9.17) is 14.4 Å². The number of rotatable bonds is 6. The third-order valence-corrected chi connectivity index (χ3v) is 9.92. The van der Waals surface area contributed by atoms with Gasteiger partial charge in [-0.3, -0.25) is 9.97 Å². The SMILES string of the molecule is Cc1cc2nc(-c3[c-]ccc4c3oc3ccccc34)n(-c3c(C(C)C)cccc3C(C)C)c2c(C)n1.[Ir].[c-]1ccccc1-c1cc(-c2ccccc2)ccn1. The predicted molar refractivity (Wildman–Crippen MR) is 222 cm³/mol. The summed E-state index contributed by atoms with van der Waals surface area (Å²) in [6.07, 6.45) is 1.85. The molecule has 6 heteroatoms. The normalized spacial score (nSPS) is 11.3. The number of aryl methyl sites for hydroxylation is 2. The van der Waals surface area contributed by atoms with Gasteiger partial charge in [-0.25, -0.2) is 0 Å². The van der Waals surface area contributed by atoms with E-state index < -0.39 is 0 Å². The molecule has 4 aromatic heterocycles. The molecule has 5 nitrogen and oxygen atoms in total. The van der Waals surface area contributed by atoms with E-state index in [1.165, 1.54) is 27.9 Å². The second-order valence-corrected chi connectivity index (χ2v) is 14.3. The molecule has 0 bridgehead atoms. The van der Waals surface area contributed by atoms with E-state index in [0.717, 1.165) is 67.0 Å². The Kier molecular flexibility index (Phi) is 10.9. The zero-order valence-corrected chi connectivity index (χ0v) is 34.3. The van der Waals surface area contributed by atoms with Crippen molar-refractivity contribution in [3.8, 4) is 39.5 Å². The van der Waals surface area contributed by atoms with Crippen molar-refractivity contribution in [2.45, 2.75) is 53.4 Å². The third-order valence-electron chi connectivity index (χ3n) is 9.92. The Hall–Kier alpha value is -5.68. The monoisotopic (exact) mass is 895 g/mol. The van der Waals surface area contributed by atoms with Crippen LogP contribution in [0, 0.1) is 26.0 Å². The van der Waals surface area contributed by atoms with Crippen molar-refractivity contribution in [3.05, 3.63) is 168 Å². The average Bonchev–Trinajstić information content (AvgIpc) is 3.77. The van der Waals surface area contributed by atoms with Gasteiger partial charge in [-0.05, 0) is 71.8 Å². The summed E-state index contributed by atoms with van der Waals surface area (Å²) < 4.78 is 8.75. The largest absolute Gasteiger partial charge is 0.501 e. The van der Waals surface area contributed by atoms with Gasteiger partial charge in [0.05, 0.1) is 28.1 Å². The van der Waals surface area contributed by atoms with E-state index >= 15 is 0 Å². The van der Waals surface area contributed by atoms with Gasteiger partial charge in [-0.15, -0.1) is 54.1 Å². The van der Waals surface area contributed by atoms with Gasteiger partial charge < -0.3 is 14.0 Å². The molecule has 0 saturated carbocycles. The van der Waals surface area contributed by atoms with Gasteiger partial charge in [-0.2, -0.15) is 0 Å². The molecular formula is C49H42IrN4O-2. The number of aromatic nitrogens is 4. The van der Waals surface area contributed by atoms with Crippen molar-refractivity contribution in [2.24, 2.45) is 0 Å². The molecule has 0 amide bonds. The molecule has 1 radical (unpaired) electrons. The molecule has 4 heterocycles. The number of para-hydroxylation sites is 2. The van der Waals surface area contributed by atoms with Gasteiger partial charge in [0.1, 0.15) is 5.58 Å². The second kappa shape index (κ2) is 16.0. The number of imidazole rings is 1. The van der Waals surface area contributed by atoms with E-state index in [1.54, 1.807) is 0 Å². The fraction of sp³-hybridized carbons (Fsp3) is 0.163. The van der Waals surface area contributed by atoms with Crippen molar-refractivity contribution < 1.29 is 24.5 Å². The van der Waals surface area contributed by atoms with Crippen molar-refractivity contribution in [3.63, 3.8) is 0 Å². The molecule has 0 fully saturated rings. The summed E-state index contributed by atoms with van der Waals surface area (Å²) >= 11 is 0. The third kappa shape index (κ3) is 7.28. The fourth-order valence-corrected chi connectivity index (χ4v) is 7.39. The number of benzene rings is 5. The maximum atomic E-state index is 6.43. The van der Waals surface area contributed by atoms with Crippen LogP contribution in [-0.4, -0.2) is 19.5 Å². The molecule has 0 aliphatic rings. The Morgan fingerprint density at radius 1 is 0.655 bits per heavy atom. The van der Waals surface area contributed by atoms with Crippen LogP contribution in [0.4, 0.5) is 0 Å². The first-order chi connectivity index (χ1) is 26.3. The zero-order chi connectivity index (χ0) is 37.3. The van der Waals surface area contributed by atoms with E-state index in [9.17, 15) is 0 Å². The molecule has 0 saturated heterocycles. The molecule has 0 atom stereocenters. The van der Waals surface area contributed by atoms with Crippen LogP contribution in [-0.2, 0) is 20.1 Å². The molecule has 0 aliphatic heterocycles. The summed E-state index contributed by atoms with van der Waals surface area (Å²) in [6, 6.07) is 50.0. The maximum absolute atomic E-state index is 6.43. The molecule has 9 rings (SSSR count). The average molecular weight is 895 g/mol. The van der Waals surface area contributed by atoms with Gasteiger partial charge >= 0.3 is 0 Å². The van der Waals surface area contributed by atoms with E-state index in [1.807, 2.05) is 79.9 Å². The Bertz CT molecular complexity index is 2670. The van der Waals surface area contributed by atoms with Gasteiger partial charge in [0, 0.05) is 43.1 Å². The maximum Gasteiger partial charge on any atom is 0.120 e. The standard InChI is InChI=1S/C32H30N3O.C17H12N.Ir/c1-18(2)22-12-9-13-23(19(3)4)30(22)35-29-21(6)33-20(5)17-27(29)34-32(35)26-15-10-14-25-24-11-7-8-16-28(24)36-31(25)26;1-3-7-14(8-4-1)16-11-12-18-17(13-16)15-9-5-2-6-10-15;/h7-14,16-19H,1-6H3;1-9,11-13H;/q2*-1;. The Balaban J connectivity index is 0.000000206. The number of furan rings is 1. The molecular weight excluding hydrogens is 853 g/mol. The molecule has 275 valence electrons. The van der Waals surface area contributed by atoms with Crippen LogP contribution < -0.4 is 0 Å². The Labute approximate surface area is 336 Å². The minimum Gasteiger partial charge on any atom is -0.501 e. The Morgan fingerprint density at radius 2 is 1.38 bits per heavy atom. The predicted octanol–water partition coefficient (Wildman–Crippen LogP) is 12.9. The van der Waals surface area contributed by atoms with Crippen LogP contribution in [0.3, 0.4) is 0 Å². The molecule has 9 aromatic rings. The number of nitrogens with zero attached hydrogens (tertiary/aromatic N) is 4. The fourth-order valence-electron chi connectivity index (χ4n) is 7.39. The van der Waals surface area contributed by atoms with E-state index in [0.29, 0.717) is 11.8 Å². The molecule has 5 aromatic carbocycles. The number of hydrogen-bond donors (Lipinski definition) is 0. The van der Waals surface area contributed by atoms with Gasteiger partial charge in [-0.1, -0.05) is 111 Å². The van der Waals surface area contributed by atoms with Crippen LogP contribution in [0.5, 0.6) is 0 Å². The summed E-state index contributed by atoms with van der Waals surface area (Å²) in [7, 11) is 0. The molecule has 0 N–H and O–H groups in total. The van der Waals surface area contributed by atoms with Gasteiger partial charge in [0.15, 0.2) is 0 Å². The van der Waals surface area contributed by atoms with E-state index in [-0.39, 0.29) is 20.1 Å². The topological polar surface area (TPSA) is 56.7 Å². The smallest absolute Gasteiger partial charge is 0.120 e. The first kappa shape index (κ1) is 37.6. The van der Waals surface area contributed by atoms with Crippen molar-refractivity contribution in [1.29, 1.82) is 0 Å². The Morgan fingerprint density at radius 3 is 2.11 bits per heavy atom. The molecule has 0 aliphatic carbocycles. The van der Waals surface area contributed by atoms with Crippen LogP contribution in [0.25, 0.3) is 72.4 Å². The summed E-state index contributed by atoms with van der Waals surface area (Å²) in [6.45, 7) is 13.1. The van der Waals surface area contributed by atoms with E-state index in [2.05, 4.69) is 117 Å². The zero-order valence-electron chi connectivity index (χ0n) is 31.9. The number of hydrogen-bond acceptors (Lipinski definition) is 4. The first-order valence-electron chi connectivity index (χ1n) is 18.6. The molecule has 0 unspecified atom stereocenters. The minimum absolute atomic E-state index is 0. The van der Waals surface area contributed by atoms with Gasteiger partial charge in [0.25, 0.3) is 0 Å².